The van der Waals surface area contributed by atoms with Crippen LogP contribution in [0.15, 0.2) is 24.3 Å². The van der Waals surface area contributed by atoms with Gasteiger partial charge in [-0.05, 0) is 49.9 Å². The Morgan fingerprint density at radius 2 is 2.04 bits per heavy atom. The van der Waals surface area contributed by atoms with E-state index in [0.29, 0.717) is 17.3 Å². The maximum Gasteiger partial charge on any atom is 0.260 e. The molecule has 0 spiro atoms. The van der Waals surface area contributed by atoms with Crippen molar-refractivity contribution in [3.63, 3.8) is 0 Å². The van der Waals surface area contributed by atoms with E-state index in [4.69, 9.17) is 25.8 Å². The molecule has 0 N–H and O–H groups in total. The third-order valence-electron chi connectivity index (χ3n) is 5.37. The molecular weight excluding hydrogens is 330 g/mol. The predicted molar refractivity (Wildman–Crippen MR) is 91.5 cm³/mol. The van der Waals surface area contributed by atoms with Crippen LogP contribution in [0.25, 0.3) is 0 Å². The van der Waals surface area contributed by atoms with E-state index in [2.05, 4.69) is 0 Å². The average Bonchev–Trinajstić information content (AvgIpc) is 3.00. The van der Waals surface area contributed by atoms with Crippen molar-refractivity contribution in [2.24, 2.45) is 0 Å². The van der Waals surface area contributed by atoms with Gasteiger partial charge >= 0.3 is 0 Å². The van der Waals surface area contributed by atoms with Crippen LogP contribution in [0.1, 0.15) is 25.7 Å². The van der Waals surface area contributed by atoms with Crippen LogP contribution >= 0.6 is 11.6 Å². The van der Waals surface area contributed by atoms with E-state index in [1.807, 2.05) is 4.90 Å². The highest BCUT2D eigenvalue weighted by Crippen LogP contribution is 2.43. The van der Waals surface area contributed by atoms with Crippen molar-refractivity contribution in [3.8, 4) is 5.75 Å². The minimum Gasteiger partial charge on any atom is -0.484 e. The SMILES string of the molecule is CO[C@@H]1CC[C@@]2(OC)CCN(C(=O)COc3ccc(Cl)cc3)[C@H]2C1. The molecule has 5 nitrogen and oxygen atoms in total. The highest BCUT2D eigenvalue weighted by molar-refractivity contribution is 6.30. The maximum atomic E-state index is 12.7. The second-order valence-electron chi connectivity index (χ2n) is 6.50. The van der Waals surface area contributed by atoms with E-state index in [1.54, 1.807) is 38.5 Å². The number of likely N-dealkylation sites (tertiary alicyclic amines) is 1. The van der Waals surface area contributed by atoms with E-state index in [-0.39, 0.29) is 30.3 Å². The minimum absolute atomic E-state index is 0.00868. The lowest BCUT2D eigenvalue weighted by Gasteiger charge is -2.43. The number of hydrogen-bond donors (Lipinski definition) is 0. The summed E-state index contributed by atoms with van der Waals surface area (Å²) >= 11 is 5.86. The summed E-state index contributed by atoms with van der Waals surface area (Å²) in [6.45, 7) is 0.729. The molecule has 1 saturated heterocycles. The molecule has 1 saturated carbocycles. The fourth-order valence-electron chi connectivity index (χ4n) is 3.93. The zero-order valence-corrected chi connectivity index (χ0v) is 14.9. The molecule has 2 fully saturated rings. The lowest BCUT2D eigenvalue weighted by atomic mass is 9.79. The number of methoxy groups -OCH3 is 2. The molecule has 24 heavy (non-hydrogen) atoms. The lowest BCUT2D eigenvalue weighted by molar-refractivity contribution is -0.142. The van der Waals surface area contributed by atoms with Crippen molar-refractivity contribution < 1.29 is 19.0 Å². The van der Waals surface area contributed by atoms with E-state index in [9.17, 15) is 4.79 Å². The van der Waals surface area contributed by atoms with Gasteiger partial charge in [-0.15, -0.1) is 0 Å². The Balaban J connectivity index is 1.64. The summed E-state index contributed by atoms with van der Waals surface area (Å²) < 4.78 is 17.0. The first-order valence-electron chi connectivity index (χ1n) is 8.34. The zero-order valence-electron chi connectivity index (χ0n) is 14.2. The van der Waals surface area contributed by atoms with Gasteiger partial charge in [0.15, 0.2) is 6.61 Å². The Morgan fingerprint density at radius 1 is 1.29 bits per heavy atom. The summed E-state index contributed by atoms with van der Waals surface area (Å²) in [5, 5.41) is 0.644. The number of rotatable bonds is 5. The molecule has 0 radical (unpaired) electrons. The van der Waals surface area contributed by atoms with E-state index >= 15 is 0 Å². The second-order valence-corrected chi connectivity index (χ2v) is 6.93. The van der Waals surface area contributed by atoms with Crippen molar-refractivity contribution in [3.05, 3.63) is 29.3 Å². The number of fused-ring (bicyclic) bond motifs is 1. The smallest absolute Gasteiger partial charge is 0.260 e. The van der Waals surface area contributed by atoms with Crippen LogP contribution in [0.4, 0.5) is 0 Å². The molecule has 6 heteroatoms. The van der Waals surface area contributed by atoms with Gasteiger partial charge < -0.3 is 19.1 Å². The summed E-state index contributed by atoms with van der Waals surface area (Å²) in [5.41, 5.74) is -0.231. The summed E-state index contributed by atoms with van der Waals surface area (Å²) in [6.07, 6.45) is 3.77. The number of carbonyl (C=O) groups is 1. The molecule has 1 heterocycles. The van der Waals surface area contributed by atoms with Crippen LogP contribution in [0, 0.1) is 0 Å². The molecule has 1 aromatic rings. The Morgan fingerprint density at radius 3 is 2.71 bits per heavy atom. The third-order valence-corrected chi connectivity index (χ3v) is 5.62. The highest BCUT2D eigenvalue weighted by atomic mass is 35.5. The Hall–Kier alpha value is -1.30. The molecule has 1 amide bonds. The lowest BCUT2D eigenvalue weighted by Crippen LogP contribution is -2.53. The van der Waals surface area contributed by atoms with Crippen molar-refractivity contribution in [1.29, 1.82) is 0 Å². The molecule has 3 atom stereocenters. The van der Waals surface area contributed by atoms with Crippen LogP contribution in [-0.4, -0.2) is 55.9 Å². The van der Waals surface area contributed by atoms with Crippen LogP contribution < -0.4 is 4.74 Å². The predicted octanol–water partition coefficient (Wildman–Crippen LogP) is 2.90. The fourth-order valence-corrected chi connectivity index (χ4v) is 4.06. The van der Waals surface area contributed by atoms with Crippen LogP contribution in [-0.2, 0) is 14.3 Å². The first kappa shape index (κ1) is 17.5. The molecule has 0 unspecified atom stereocenters. The minimum atomic E-state index is -0.231. The van der Waals surface area contributed by atoms with Gasteiger partial charge in [-0.25, -0.2) is 0 Å². The van der Waals surface area contributed by atoms with E-state index in [1.165, 1.54) is 0 Å². The number of hydrogen-bond acceptors (Lipinski definition) is 4. The highest BCUT2D eigenvalue weighted by Gasteiger charge is 2.52. The standard InChI is InChI=1S/C18H24ClNO4/c1-22-15-7-8-18(23-2)9-10-20(16(18)11-15)17(21)12-24-14-5-3-13(19)4-6-14/h3-6,15-16H,7-12H2,1-2H3/t15-,16+,18-/m1/s1. The van der Waals surface area contributed by atoms with Gasteiger partial charge in [0.2, 0.25) is 0 Å². The van der Waals surface area contributed by atoms with Gasteiger partial charge in [0.1, 0.15) is 5.75 Å². The first-order chi connectivity index (χ1) is 11.6. The summed E-state index contributed by atoms with van der Waals surface area (Å²) in [7, 11) is 3.48. The molecule has 0 aromatic heterocycles. The molecule has 1 aromatic carbocycles. The van der Waals surface area contributed by atoms with Crippen LogP contribution in [0.5, 0.6) is 5.75 Å². The normalized spacial score (nSPS) is 29.4. The number of halogens is 1. The van der Waals surface area contributed by atoms with Crippen molar-refractivity contribution in [2.75, 3.05) is 27.4 Å². The van der Waals surface area contributed by atoms with E-state index < -0.39 is 0 Å². The van der Waals surface area contributed by atoms with Gasteiger partial charge in [-0.1, -0.05) is 11.6 Å². The fraction of sp³-hybridized carbons (Fsp3) is 0.611. The van der Waals surface area contributed by atoms with Crippen molar-refractivity contribution in [2.45, 2.75) is 43.4 Å². The average molecular weight is 354 g/mol. The summed E-state index contributed by atoms with van der Waals surface area (Å²) in [6, 6.07) is 7.08. The third kappa shape index (κ3) is 3.39. The monoisotopic (exact) mass is 353 g/mol. The van der Waals surface area contributed by atoms with E-state index in [0.717, 1.165) is 25.7 Å². The molecule has 1 aliphatic heterocycles. The quantitative estimate of drug-likeness (QED) is 0.816. The second kappa shape index (κ2) is 7.30. The van der Waals surface area contributed by atoms with Crippen molar-refractivity contribution in [1.82, 2.24) is 4.90 Å². The number of amides is 1. The molecule has 2 aliphatic rings. The molecule has 3 rings (SSSR count). The van der Waals surface area contributed by atoms with Gasteiger partial charge in [-0.3, -0.25) is 4.79 Å². The van der Waals surface area contributed by atoms with Gasteiger partial charge in [0.05, 0.1) is 17.7 Å². The van der Waals surface area contributed by atoms with Crippen molar-refractivity contribution >= 4 is 17.5 Å². The molecule has 0 bridgehead atoms. The molecule has 1 aliphatic carbocycles. The van der Waals surface area contributed by atoms with Gasteiger partial charge in [0.25, 0.3) is 5.91 Å². The summed E-state index contributed by atoms with van der Waals surface area (Å²) in [4.78, 5) is 14.6. The van der Waals surface area contributed by atoms with Crippen LogP contribution in [0.2, 0.25) is 5.02 Å². The largest absolute Gasteiger partial charge is 0.484 e. The maximum absolute atomic E-state index is 12.7. The number of benzene rings is 1. The summed E-state index contributed by atoms with van der Waals surface area (Å²) in [5.74, 6) is 0.633. The Bertz CT molecular complexity index is 579. The van der Waals surface area contributed by atoms with Crippen LogP contribution in [0.3, 0.4) is 0 Å². The molecular formula is C18H24ClNO4. The first-order valence-corrected chi connectivity index (χ1v) is 8.71. The number of nitrogens with zero attached hydrogens (tertiary/aromatic N) is 1. The van der Waals surface area contributed by atoms with Gasteiger partial charge in [0, 0.05) is 25.8 Å². The topological polar surface area (TPSA) is 48.0 Å². The zero-order chi connectivity index (χ0) is 17.2. The number of carbonyl (C=O) groups excluding carboxylic acids is 1. The Kier molecular flexibility index (Phi) is 5.33. The molecule has 132 valence electrons. The number of ether oxygens (including phenoxy) is 3. The Labute approximate surface area is 147 Å². The van der Waals surface area contributed by atoms with Gasteiger partial charge in [-0.2, -0.15) is 0 Å².